The zero-order chi connectivity index (χ0) is 19.9. The van der Waals surface area contributed by atoms with E-state index in [1.54, 1.807) is 0 Å². The minimum absolute atomic E-state index is 0.209. The van der Waals surface area contributed by atoms with Gasteiger partial charge in [-0.2, -0.15) is 0 Å². The van der Waals surface area contributed by atoms with Crippen LogP contribution in [0.1, 0.15) is 24.8 Å². The minimum Gasteiger partial charge on any atom is -0.378 e. The molecule has 2 saturated heterocycles. The number of rotatable bonds is 5. The number of benzene rings is 1. The second kappa shape index (κ2) is 9.60. The van der Waals surface area contributed by atoms with E-state index in [2.05, 4.69) is 25.4 Å². The number of aromatic nitrogens is 1. The van der Waals surface area contributed by atoms with Gasteiger partial charge in [-0.05, 0) is 37.5 Å². The lowest BCUT2D eigenvalue weighted by Gasteiger charge is -2.30. The fraction of sp³-hybridized carbons (Fsp3) is 0.455. The van der Waals surface area contributed by atoms with Crippen molar-refractivity contribution in [2.45, 2.75) is 25.8 Å². The molecule has 0 bridgehead atoms. The van der Waals surface area contributed by atoms with Crippen molar-refractivity contribution in [3.63, 3.8) is 0 Å². The molecule has 0 saturated carbocycles. The predicted molar refractivity (Wildman–Crippen MR) is 116 cm³/mol. The zero-order valence-corrected chi connectivity index (χ0v) is 16.8. The highest BCUT2D eigenvalue weighted by Crippen LogP contribution is 2.26. The third-order valence-electron chi connectivity index (χ3n) is 5.47. The molecule has 2 amide bonds. The summed E-state index contributed by atoms with van der Waals surface area (Å²) in [6.07, 6.45) is 5.50. The lowest BCUT2D eigenvalue weighted by Crippen LogP contribution is -2.37. The number of urea groups is 1. The summed E-state index contributed by atoms with van der Waals surface area (Å²) in [4.78, 5) is 21.8. The molecule has 0 spiro atoms. The molecule has 1 aromatic heterocycles. The van der Waals surface area contributed by atoms with Gasteiger partial charge in [0.1, 0.15) is 5.82 Å². The molecule has 154 valence electrons. The Morgan fingerprint density at radius 3 is 2.59 bits per heavy atom. The Balaban J connectivity index is 1.39. The van der Waals surface area contributed by atoms with Crippen LogP contribution in [0.4, 0.5) is 22.0 Å². The molecule has 2 aromatic rings. The molecule has 2 aliphatic heterocycles. The number of ether oxygens (including phenoxy) is 1. The molecular weight excluding hydrogens is 366 g/mol. The van der Waals surface area contributed by atoms with Gasteiger partial charge in [0.05, 0.1) is 24.6 Å². The predicted octanol–water partition coefficient (Wildman–Crippen LogP) is 3.23. The van der Waals surface area contributed by atoms with Gasteiger partial charge < -0.3 is 25.2 Å². The van der Waals surface area contributed by atoms with Crippen molar-refractivity contribution in [2.75, 3.05) is 54.5 Å². The van der Waals surface area contributed by atoms with Gasteiger partial charge in [0, 0.05) is 44.5 Å². The van der Waals surface area contributed by atoms with Crippen LogP contribution in [0.5, 0.6) is 0 Å². The van der Waals surface area contributed by atoms with Gasteiger partial charge in [-0.25, -0.2) is 9.78 Å². The van der Waals surface area contributed by atoms with Crippen LogP contribution in [0.25, 0.3) is 0 Å². The van der Waals surface area contributed by atoms with Gasteiger partial charge >= 0.3 is 6.03 Å². The Morgan fingerprint density at radius 1 is 0.966 bits per heavy atom. The number of nitrogens with zero attached hydrogens (tertiary/aromatic N) is 3. The molecule has 0 unspecified atom stereocenters. The number of pyridine rings is 1. The third-order valence-corrected chi connectivity index (χ3v) is 5.47. The molecule has 29 heavy (non-hydrogen) atoms. The van der Waals surface area contributed by atoms with Gasteiger partial charge in [-0.15, -0.1) is 0 Å². The monoisotopic (exact) mass is 395 g/mol. The minimum atomic E-state index is -0.209. The molecule has 3 heterocycles. The first-order valence-corrected chi connectivity index (χ1v) is 10.5. The summed E-state index contributed by atoms with van der Waals surface area (Å²) in [7, 11) is 0. The second-order valence-corrected chi connectivity index (χ2v) is 7.46. The van der Waals surface area contributed by atoms with Crippen molar-refractivity contribution in [1.29, 1.82) is 0 Å². The largest absolute Gasteiger partial charge is 0.378 e. The number of hydrogen-bond acceptors (Lipinski definition) is 5. The Morgan fingerprint density at radius 2 is 1.76 bits per heavy atom. The van der Waals surface area contributed by atoms with E-state index in [4.69, 9.17) is 4.74 Å². The van der Waals surface area contributed by atoms with Crippen LogP contribution in [-0.4, -0.2) is 50.4 Å². The summed E-state index contributed by atoms with van der Waals surface area (Å²) >= 11 is 0. The maximum Gasteiger partial charge on any atom is 0.319 e. The maximum absolute atomic E-state index is 12.6. The SMILES string of the molecule is O=C(NCc1cccnc1N1CCCCC1)Nc1ccccc1N1CCOCC1. The van der Waals surface area contributed by atoms with E-state index in [0.717, 1.165) is 48.9 Å². The van der Waals surface area contributed by atoms with Crippen LogP contribution in [0.2, 0.25) is 0 Å². The fourth-order valence-electron chi connectivity index (χ4n) is 3.96. The summed E-state index contributed by atoms with van der Waals surface area (Å²) in [5.41, 5.74) is 2.89. The Labute approximate surface area is 172 Å². The first-order chi connectivity index (χ1) is 14.3. The number of anilines is 3. The van der Waals surface area contributed by atoms with E-state index >= 15 is 0 Å². The van der Waals surface area contributed by atoms with Crippen molar-refractivity contribution in [1.82, 2.24) is 10.3 Å². The molecule has 0 aliphatic carbocycles. The van der Waals surface area contributed by atoms with Crippen LogP contribution in [-0.2, 0) is 11.3 Å². The highest BCUT2D eigenvalue weighted by Gasteiger charge is 2.17. The Hall–Kier alpha value is -2.80. The summed E-state index contributed by atoms with van der Waals surface area (Å²) < 4.78 is 5.44. The van der Waals surface area contributed by atoms with E-state index in [9.17, 15) is 4.79 Å². The third kappa shape index (κ3) is 4.98. The van der Waals surface area contributed by atoms with Crippen molar-refractivity contribution < 1.29 is 9.53 Å². The van der Waals surface area contributed by atoms with E-state index < -0.39 is 0 Å². The van der Waals surface area contributed by atoms with Gasteiger partial charge in [0.15, 0.2) is 0 Å². The lowest BCUT2D eigenvalue weighted by molar-refractivity contribution is 0.123. The van der Waals surface area contributed by atoms with E-state index in [1.165, 1.54) is 19.3 Å². The van der Waals surface area contributed by atoms with Crippen molar-refractivity contribution in [3.05, 3.63) is 48.2 Å². The van der Waals surface area contributed by atoms with Gasteiger partial charge in [0.2, 0.25) is 0 Å². The molecule has 0 radical (unpaired) electrons. The van der Waals surface area contributed by atoms with Crippen molar-refractivity contribution in [3.8, 4) is 0 Å². The molecule has 7 nitrogen and oxygen atoms in total. The molecular formula is C22H29N5O2. The van der Waals surface area contributed by atoms with E-state index in [1.807, 2.05) is 42.6 Å². The molecule has 0 atom stereocenters. The fourth-order valence-corrected chi connectivity index (χ4v) is 3.96. The molecule has 2 aliphatic rings. The molecule has 4 rings (SSSR count). The summed E-state index contributed by atoms with van der Waals surface area (Å²) in [5.74, 6) is 0.987. The smallest absolute Gasteiger partial charge is 0.319 e. The van der Waals surface area contributed by atoms with E-state index in [0.29, 0.717) is 19.8 Å². The van der Waals surface area contributed by atoms with Crippen LogP contribution >= 0.6 is 0 Å². The normalized spacial score (nSPS) is 17.1. The quantitative estimate of drug-likeness (QED) is 0.813. The number of hydrogen-bond donors (Lipinski definition) is 2. The lowest BCUT2D eigenvalue weighted by atomic mass is 10.1. The summed E-state index contributed by atoms with van der Waals surface area (Å²) in [6.45, 7) is 5.59. The average molecular weight is 396 g/mol. The second-order valence-electron chi connectivity index (χ2n) is 7.46. The highest BCUT2D eigenvalue weighted by molar-refractivity contribution is 5.93. The molecule has 1 aromatic carbocycles. The Kier molecular flexibility index (Phi) is 6.46. The number of amides is 2. The molecule has 7 heteroatoms. The number of morpholine rings is 1. The average Bonchev–Trinajstić information content (AvgIpc) is 2.79. The molecule has 2 N–H and O–H groups in total. The topological polar surface area (TPSA) is 69.7 Å². The zero-order valence-electron chi connectivity index (χ0n) is 16.8. The standard InChI is InChI=1S/C22H29N5O2/c28-22(25-19-8-2-3-9-20(19)26-13-15-29-16-14-26)24-17-18-7-6-10-23-21(18)27-11-4-1-5-12-27/h2-3,6-10H,1,4-5,11-17H2,(H2,24,25,28). The maximum atomic E-state index is 12.6. The number of para-hydroxylation sites is 2. The van der Waals surface area contributed by atoms with Gasteiger partial charge in [-0.1, -0.05) is 18.2 Å². The summed E-state index contributed by atoms with van der Waals surface area (Å²) in [5, 5.41) is 6.01. The van der Waals surface area contributed by atoms with Crippen molar-refractivity contribution >= 4 is 23.2 Å². The molecule has 2 fully saturated rings. The number of carbonyl (C=O) groups excluding carboxylic acids is 1. The highest BCUT2D eigenvalue weighted by atomic mass is 16.5. The van der Waals surface area contributed by atoms with Crippen molar-refractivity contribution in [2.24, 2.45) is 0 Å². The number of nitrogens with one attached hydrogen (secondary N) is 2. The number of carbonyl (C=O) groups is 1. The first-order valence-electron chi connectivity index (χ1n) is 10.5. The van der Waals surface area contributed by atoms with E-state index in [-0.39, 0.29) is 6.03 Å². The van der Waals surface area contributed by atoms with Crippen LogP contribution < -0.4 is 20.4 Å². The van der Waals surface area contributed by atoms with Gasteiger partial charge in [-0.3, -0.25) is 0 Å². The first kappa shape index (κ1) is 19.5. The summed E-state index contributed by atoms with van der Waals surface area (Å²) in [6, 6.07) is 11.7. The van der Waals surface area contributed by atoms with Gasteiger partial charge in [0.25, 0.3) is 0 Å². The Bertz CT molecular complexity index is 816. The number of piperidine rings is 1. The van der Waals surface area contributed by atoms with Crippen LogP contribution in [0.15, 0.2) is 42.6 Å². The van der Waals surface area contributed by atoms with Crippen LogP contribution in [0, 0.1) is 0 Å². The van der Waals surface area contributed by atoms with Crippen LogP contribution in [0.3, 0.4) is 0 Å².